The molecule has 0 aromatic heterocycles. The van der Waals surface area contributed by atoms with Crippen molar-refractivity contribution in [1.29, 1.82) is 0 Å². The molecule has 0 saturated heterocycles. The third-order valence-electron chi connectivity index (χ3n) is 2.37. The first-order valence-corrected chi connectivity index (χ1v) is 7.35. The minimum atomic E-state index is 0.525. The largest absolute Gasteiger partial charge is 0.378 e. The molecule has 0 atom stereocenters. The fourth-order valence-corrected chi connectivity index (χ4v) is 2.43. The van der Waals surface area contributed by atoms with Gasteiger partial charge < -0.3 is 5.73 Å². The zero-order chi connectivity index (χ0) is 13.7. The van der Waals surface area contributed by atoms with Gasteiger partial charge in [-0.25, -0.2) is 4.99 Å². The van der Waals surface area contributed by atoms with Gasteiger partial charge in [0.15, 0.2) is 5.17 Å². The fraction of sp³-hybridized carbons (Fsp3) is 0.0714. The molecule has 0 bridgehead atoms. The van der Waals surface area contributed by atoms with E-state index >= 15 is 0 Å². The minimum Gasteiger partial charge on any atom is -0.378 e. The van der Waals surface area contributed by atoms with Gasteiger partial charge in [0, 0.05) is 5.75 Å². The molecular weight excluding hydrogens is 299 g/mol. The monoisotopic (exact) mass is 310 g/mol. The van der Waals surface area contributed by atoms with Gasteiger partial charge in [0.1, 0.15) is 0 Å². The maximum absolute atomic E-state index is 5.96. The molecule has 0 aliphatic rings. The molecule has 98 valence electrons. The van der Waals surface area contributed by atoms with E-state index in [1.165, 1.54) is 11.8 Å². The molecule has 5 heteroatoms. The highest BCUT2D eigenvalue weighted by Crippen LogP contribution is 2.25. The number of thioether (sulfide) groups is 1. The molecule has 2 aromatic carbocycles. The summed E-state index contributed by atoms with van der Waals surface area (Å²) in [5.74, 6) is 0.707. The Morgan fingerprint density at radius 2 is 1.79 bits per heavy atom. The molecule has 0 radical (unpaired) electrons. The lowest BCUT2D eigenvalue weighted by Crippen LogP contribution is -2.06. The zero-order valence-electron chi connectivity index (χ0n) is 10.0. The number of para-hydroxylation sites is 1. The highest BCUT2D eigenvalue weighted by atomic mass is 35.5. The Balaban J connectivity index is 1.98. The van der Waals surface area contributed by atoms with Crippen LogP contribution in [0, 0.1) is 0 Å². The van der Waals surface area contributed by atoms with Crippen molar-refractivity contribution in [2.24, 2.45) is 10.7 Å². The van der Waals surface area contributed by atoms with Crippen LogP contribution in [-0.2, 0) is 5.75 Å². The maximum Gasteiger partial charge on any atom is 0.159 e. The van der Waals surface area contributed by atoms with E-state index in [0.717, 1.165) is 11.3 Å². The van der Waals surface area contributed by atoms with Gasteiger partial charge in [-0.15, -0.1) is 0 Å². The van der Waals surface area contributed by atoms with Crippen LogP contribution in [0.25, 0.3) is 0 Å². The van der Waals surface area contributed by atoms with Crippen molar-refractivity contribution in [2.45, 2.75) is 5.75 Å². The van der Waals surface area contributed by atoms with Gasteiger partial charge >= 0.3 is 0 Å². The summed E-state index contributed by atoms with van der Waals surface area (Å²) in [6.07, 6.45) is 0. The van der Waals surface area contributed by atoms with Gasteiger partial charge in [0.2, 0.25) is 0 Å². The first-order chi connectivity index (χ1) is 9.15. The Morgan fingerprint density at radius 3 is 2.47 bits per heavy atom. The number of nitrogens with zero attached hydrogens (tertiary/aromatic N) is 1. The summed E-state index contributed by atoms with van der Waals surface area (Å²) in [5, 5.41) is 1.64. The lowest BCUT2D eigenvalue weighted by Gasteiger charge is -2.03. The Labute approximate surface area is 126 Å². The van der Waals surface area contributed by atoms with E-state index < -0.39 is 0 Å². The predicted molar refractivity (Wildman–Crippen MR) is 85.5 cm³/mol. The first kappa shape index (κ1) is 14.3. The number of nitrogens with two attached hydrogens (primary N) is 1. The summed E-state index contributed by atoms with van der Waals surface area (Å²) in [7, 11) is 0. The van der Waals surface area contributed by atoms with Crippen LogP contribution >= 0.6 is 35.0 Å². The van der Waals surface area contributed by atoms with Crippen molar-refractivity contribution in [1.82, 2.24) is 0 Å². The topological polar surface area (TPSA) is 38.4 Å². The Kier molecular flexibility index (Phi) is 5.14. The number of aliphatic imine (C=N–C) groups is 1. The summed E-state index contributed by atoms with van der Waals surface area (Å²) in [6, 6.07) is 15.2. The molecule has 0 aliphatic carbocycles. The quantitative estimate of drug-likeness (QED) is 0.648. The maximum atomic E-state index is 5.96. The van der Waals surface area contributed by atoms with Crippen molar-refractivity contribution in [3.63, 3.8) is 0 Å². The zero-order valence-corrected chi connectivity index (χ0v) is 12.3. The number of amidine groups is 1. The van der Waals surface area contributed by atoms with Crippen molar-refractivity contribution in [2.75, 3.05) is 0 Å². The number of rotatable bonds is 3. The average Bonchev–Trinajstić information content (AvgIpc) is 2.41. The van der Waals surface area contributed by atoms with Gasteiger partial charge in [-0.05, 0) is 29.8 Å². The van der Waals surface area contributed by atoms with Crippen LogP contribution in [0.3, 0.4) is 0 Å². The third-order valence-corrected chi connectivity index (χ3v) is 3.97. The second-order valence-electron chi connectivity index (χ2n) is 3.82. The van der Waals surface area contributed by atoms with Crippen LogP contribution in [-0.4, -0.2) is 5.17 Å². The van der Waals surface area contributed by atoms with Gasteiger partial charge in [-0.3, -0.25) is 0 Å². The van der Waals surface area contributed by atoms with E-state index in [-0.39, 0.29) is 0 Å². The summed E-state index contributed by atoms with van der Waals surface area (Å²) >= 11 is 13.3. The minimum absolute atomic E-state index is 0.525. The number of hydrogen-bond donors (Lipinski definition) is 1. The molecule has 2 aromatic rings. The summed E-state index contributed by atoms with van der Waals surface area (Å²) in [4.78, 5) is 4.31. The van der Waals surface area contributed by atoms with Crippen LogP contribution < -0.4 is 5.73 Å². The normalized spacial score (nSPS) is 11.6. The van der Waals surface area contributed by atoms with Crippen molar-refractivity contribution in [3.05, 3.63) is 64.1 Å². The number of hydrogen-bond acceptors (Lipinski definition) is 2. The molecule has 0 fully saturated rings. The molecule has 0 heterocycles. The standard InChI is InChI=1S/C14H12Cl2N2S/c15-12-7-6-10(8-13(12)16)9-19-14(17)18-11-4-2-1-3-5-11/h1-8H,9H2,(H2,17,18). The SMILES string of the molecule is NC(=Nc1ccccc1)SCc1ccc(Cl)c(Cl)c1. The molecule has 19 heavy (non-hydrogen) atoms. The molecular formula is C14H12Cl2N2S. The smallest absolute Gasteiger partial charge is 0.159 e. The Hall–Kier alpha value is -1.16. The van der Waals surface area contributed by atoms with E-state index in [1.54, 1.807) is 6.07 Å². The molecule has 0 spiro atoms. The lowest BCUT2D eigenvalue weighted by molar-refractivity contribution is 1.42. The molecule has 0 unspecified atom stereocenters. The molecule has 2 rings (SSSR count). The molecule has 0 saturated carbocycles. The van der Waals surface area contributed by atoms with Crippen LogP contribution in [0.4, 0.5) is 5.69 Å². The van der Waals surface area contributed by atoms with Gasteiger partial charge in [0.05, 0.1) is 15.7 Å². The number of benzene rings is 2. The summed E-state index contributed by atoms with van der Waals surface area (Å²) in [5.41, 5.74) is 7.78. The highest BCUT2D eigenvalue weighted by molar-refractivity contribution is 8.13. The van der Waals surface area contributed by atoms with Gasteiger partial charge in [-0.1, -0.05) is 59.2 Å². The van der Waals surface area contributed by atoms with Crippen LogP contribution in [0.15, 0.2) is 53.5 Å². The highest BCUT2D eigenvalue weighted by Gasteiger charge is 2.01. The van der Waals surface area contributed by atoms with Crippen LogP contribution in [0.5, 0.6) is 0 Å². The van der Waals surface area contributed by atoms with Crippen LogP contribution in [0.1, 0.15) is 5.56 Å². The molecule has 2 nitrogen and oxygen atoms in total. The van der Waals surface area contributed by atoms with Crippen LogP contribution in [0.2, 0.25) is 10.0 Å². The Bertz CT molecular complexity index is 585. The van der Waals surface area contributed by atoms with E-state index in [1.807, 2.05) is 42.5 Å². The second-order valence-corrected chi connectivity index (χ2v) is 5.63. The molecule has 0 aliphatic heterocycles. The number of halogens is 2. The third kappa shape index (κ3) is 4.46. The summed E-state index contributed by atoms with van der Waals surface area (Å²) < 4.78 is 0. The lowest BCUT2D eigenvalue weighted by atomic mass is 10.2. The second kappa shape index (κ2) is 6.85. The van der Waals surface area contributed by atoms with Crippen molar-refractivity contribution >= 4 is 45.8 Å². The predicted octanol–water partition coefficient (Wildman–Crippen LogP) is 4.87. The summed E-state index contributed by atoms with van der Waals surface area (Å²) in [6.45, 7) is 0. The van der Waals surface area contributed by atoms with E-state index in [2.05, 4.69) is 4.99 Å². The first-order valence-electron chi connectivity index (χ1n) is 5.61. The van der Waals surface area contributed by atoms with Gasteiger partial charge in [-0.2, -0.15) is 0 Å². The van der Waals surface area contributed by atoms with E-state index in [4.69, 9.17) is 28.9 Å². The van der Waals surface area contributed by atoms with Crippen molar-refractivity contribution < 1.29 is 0 Å². The molecule has 0 amide bonds. The van der Waals surface area contributed by atoms with E-state index in [9.17, 15) is 0 Å². The van der Waals surface area contributed by atoms with Crippen molar-refractivity contribution in [3.8, 4) is 0 Å². The van der Waals surface area contributed by atoms with Gasteiger partial charge in [0.25, 0.3) is 0 Å². The Morgan fingerprint density at radius 1 is 1.05 bits per heavy atom. The fourth-order valence-electron chi connectivity index (χ4n) is 1.45. The van der Waals surface area contributed by atoms with E-state index in [0.29, 0.717) is 21.0 Å². The average molecular weight is 311 g/mol. The molecule has 2 N–H and O–H groups in total.